The highest BCUT2D eigenvalue weighted by Gasteiger charge is 2.23. The van der Waals surface area contributed by atoms with E-state index in [0.29, 0.717) is 0 Å². The molecule has 0 radical (unpaired) electrons. The number of aromatic nitrogens is 1. The van der Waals surface area contributed by atoms with Gasteiger partial charge < -0.3 is 15.2 Å². The first-order valence-corrected chi connectivity index (χ1v) is 6.16. The molecule has 2 N–H and O–H groups in total. The second kappa shape index (κ2) is 5.36. The number of rotatable bonds is 3. The maximum atomic E-state index is 9.94. The van der Waals surface area contributed by atoms with Crippen molar-refractivity contribution < 1.29 is 9.84 Å². The van der Waals surface area contributed by atoms with Crippen molar-refractivity contribution in [1.82, 2.24) is 4.98 Å². The summed E-state index contributed by atoms with van der Waals surface area (Å²) in [6.07, 6.45) is 5.62. The predicted octanol–water partition coefficient (Wildman–Crippen LogP) is 2.11. The lowest BCUT2D eigenvalue weighted by Gasteiger charge is -2.29. The van der Waals surface area contributed by atoms with Crippen LogP contribution in [0.15, 0.2) is 12.3 Å². The van der Waals surface area contributed by atoms with E-state index in [4.69, 9.17) is 4.74 Å². The average Bonchev–Trinajstić information content (AvgIpc) is 2.32. The van der Waals surface area contributed by atoms with Gasteiger partial charge in [0.1, 0.15) is 0 Å². The zero-order chi connectivity index (χ0) is 12.3. The van der Waals surface area contributed by atoms with Gasteiger partial charge in [0.15, 0.2) is 5.75 Å². The lowest BCUT2D eigenvalue weighted by atomic mass is 9.92. The highest BCUT2D eigenvalue weighted by Crippen LogP contribution is 2.28. The first kappa shape index (κ1) is 12.2. The molecule has 0 aliphatic heterocycles. The van der Waals surface area contributed by atoms with Crippen molar-refractivity contribution in [2.45, 2.75) is 44.8 Å². The van der Waals surface area contributed by atoms with Gasteiger partial charge in [0, 0.05) is 5.69 Å². The molecule has 17 heavy (non-hydrogen) atoms. The number of anilines is 1. The normalized spacial score (nSPS) is 24.4. The fraction of sp³-hybridized carbons (Fsp3) is 0.615. The summed E-state index contributed by atoms with van der Waals surface area (Å²) in [5.74, 6) is 0.730. The number of nitrogens with one attached hydrogen (secondary N) is 1. The Labute approximate surface area is 102 Å². The molecule has 94 valence electrons. The molecule has 1 fully saturated rings. The van der Waals surface area contributed by atoms with E-state index in [0.717, 1.165) is 36.4 Å². The summed E-state index contributed by atoms with van der Waals surface area (Å²) in [6.45, 7) is 1.95. The zero-order valence-corrected chi connectivity index (χ0v) is 10.4. The Kier molecular flexibility index (Phi) is 3.84. The minimum Gasteiger partial charge on any atom is -0.493 e. The molecule has 2 atom stereocenters. The van der Waals surface area contributed by atoms with E-state index in [1.807, 2.05) is 13.0 Å². The molecule has 1 aromatic rings. The van der Waals surface area contributed by atoms with Gasteiger partial charge in [-0.15, -0.1) is 0 Å². The van der Waals surface area contributed by atoms with E-state index in [9.17, 15) is 5.11 Å². The highest BCUT2D eigenvalue weighted by molar-refractivity contribution is 5.56. The molecule has 0 bridgehead atoms. The lowest BCUT2D eigenvalue weighted by Crippen LogP contribution is -2.36. The summed E-state index contributed by atoms with van der Waals surface area (Å²) in [7, 11) is 1.63. The van der Waals surface area contributed by atoms with Crippen LogP contribution in [0.25, 0.3) is 0 Å². The summed E-state index contributed by atoms with van der Waals surface area (Å²) < 4.78 is 5.27. The number of aliphatic hydroxyl groups is 1. The summed E-state index contributed by atoms with van der Waals surface area (Å²) in [5, 5.41) is 13.3. The molecule has 1 heterocycles. The van der Waals surface area contributed by atoms with E-state index < -0.39 is 0 Å². The van der Waals surface area contributed by atoms with Crippen LogP contribution in [0.2, 0.25) is 0 Å². The molecule has 0 saturated heterocycles. The molecule has 1 saturated carbocycles. The minimum atomic E-state index is -0.262. The molecular weight excluding hydrogens is 216 g/mol. The third-order valence-electron chi connectivity index (χ3n) is 3.29. The second-order valence-corrected chi connectivity index (χ2v) is 4.63. The summed E-state index contributed by atoms with van der Waals surface area (Å²) in [4.78, 5) is 4.20. The number of hydrogen-bond donors (Lipinski definition) is 2. The monoisotopic (exact) mass is 236 g/mol. The van der Waals surface area contributed by atoms with Crippen molar-refractivity contribution in [2.75, 3.05) is 12.4 Å². The number of pyridine rings is 1. The standard InChI is InChI=1S/C13H20N2O2/c1-9-7-11(13(17-2)8-14-9)15-10-5-3-4-6-12(10)16/h7-8,10,12,16H,3-6H2,1-2H3,(H,14,15). The predicted molar refractivity (Wildman–Crippen MR) is 67.4 cm³/mol. The Bertz CT molecular complexity index is 382. The van der Waals surface area contributed by atoms with Crippen LogP contribution < -0.4 is 10.1 Å². The number of hydrogen-bond acceptors (Lipinski definition) is 4. The molecule has 1 aromatic heterocycles. The van der Waals surface area contributed by atoms with E-state index in [2.05, 4.69) is 10.3 Å². The third-order valence-corrected chi connectivity index (χ3v) is 3.29. The first-order chi connectivity index (χ1) is 8.20. The smallest absolute Gasteiger partial charge is 0.160 e. The van der Waals surface area contributed by atoms with E-state index in [1.165, 1.54) is 6.42 Å². The van der Waals surface area contributed by atoms with Gasteiger partial charge in [-0.2, -0.15) is 0 Å². The summed E-state index contributed by atoms with van der Waals surface area (Å²) in [6, 6.07) is 2.08. The maximum Gasteiger partial charge on any atom is 0.160 e. The van der Waals surface area contributed by atoms with Crippen LogP contribution in [0.5, 0.6) is 5.75 Å². The number of aliphatic hydroxyl groups excluding tert-OH is 1. The van der Waals surface area contributed by atoms with Crippen LogP contribution in [0, 0.1) is 6.92 Å². The number of ether oxygens (including phenoxy) is 1. The largest absolute Gasteiger partial charge is 0.493 e. The van der Waals surface area contributed by atoms with Gasteiger partial charge in [0.25, 0.3) is 0 Å². The van der Waals surface area contributed by atoms with Crippen LogP contribution in [0.3, 0.4) is 0 Å². The molecule has 0 amide bonds. The fourth-order valence-corrected chi connectivity index (χ4v) is 2.30. The van der Waals surface area contributed by atoms with Crippen LogP contribution in [0.4, 0.5) is 5.69 Å². The molecule has 2 unspecified atom stereocenters. The van der Waals surface area contributed by atoms with E-state index >= 15 is 0 Å². The van der Waals surface area contributed by atoms with Gasteiger partial charge in [-0.1, -0.05) is 12.8 Å². The summed E-state index contributed by atoms with van der Waals surface area (Å²) in [5.41, 5.74) is 1.87. The van der Waals surface area contributed by atoms with Gasteiger partial charge in [-0.05, 0) is 25.8 Å². The first-order valence-electron chi connectivity index (χ1n) is 6.16. The molecular formula is C13H20N2O2. The van der Waals surface area contributed by atoms with Crippen molar-refractivity contribution in [2.24, 2.45) is 0 Å². The Balaban J connectivity index is 2.13. The van der Waals surface area contributed by atoms with Crippen LogP contribution in [0.1, 0.15) is 31.4 Å². The Morgan fingerprint density at radius 2 is 2.18 bits per heavy atom. The van der Waals surface area contributed by atoms with Crippen molar-refractivity contribution in [1.29, 1.82) is 0 Å². The maximum absolute atomic E-state index is 9.94. The van der Waals surface area contributed by atoms with Crippen molar-refractivity contribution in [3.8, 4) is 5.75 Å². The lowest BCUT2D eigenvalue weighted by molar-refractivity contribution is 0.116. The highest BCUT2D eigenvalue weighted by atomic mass is 16.5. The Hall–Kier alpha value is -1.29. The van der Waals surface area contributed by atoms with Crippen LogP contribution in [-0.4, -0.2) is 29.3 Å². The molecule has 4 heteroatoms. The van der Waals surface area contributed by atoms with Crippen molar-refractivity contribution in [3.63, 3.8) is 0 Å². The van der Waals surface area contributed by atoms with Gasteiger partial charge in [-0.3, -0.25) is 4.98 Å². The third kappa shape index (κ3) is 2.88. The number of nitrogens with zero attached hydrogens (tertiary/aromatic N) is 1. The van der Waals surface area contributed by atoms with Crippen molar-refractivity contribution in [3.05, 3.63) is 18.0 Å². The number of methoxy groups -OCH3 is 1. The zero-order valence-electron chi connectivity index (χ0n) is 10.4. The molecule has 0 aromatic carbocycles. The topological polar surface area (TPSA) is 54.4 Å². The second-order valence-electron chi connectivity index (χ2n) is 4.63. The van der Waals surface area contributed by atoms with Gasteiger partial charge >= 0.3 is 0 Å². The molecule has 2 rings (SSSR count). The molecule has 0 spiro atoms. The van der Waals surface area contributed by atoms with Crippen LogP contribution >= 0.6 is 0 Å². The average molecular weight is 236 g/mol. The molecule has 4 nitrogen and oxygen atoms in total. The Morgan fingerprint density at radius 1 is 1.41 bits per heavy atom. The fourth-order valence-electron chi connectivity index (χ4n) is 2.30. The van der Waals surface area contributed by atoms with Gasteiger partial charge in [0.2, 0.25) is 0 Å². The minimum absolute atomic E-state index is 0.124. The van der Waals surface area contributed by atoms with E-state index in [-0.39, 0.29) is 12.1 Å². The van der Waals surface area contributed by atoms with E-state index in [1.54, 1.807) is 13.3 Å². The van der Waals surface area contributed by atoms with Gasteiger partial charge in [0.05, 0.1) is 31.1 Å². The summed E-state index contributed by atoms with van der Waals surface area (Å²) >= 11 is 0. The Morgan fingerprint density at radius 3 is 2.88 bits per heavy atom. The van der Waals surface area contributed by atoms with Gasteiger partial charge in [-0.25, -0.2) is 0 Å². The number of aryl methyl sites for hydroxylation is 1. The van der Waals surface area contributed by atoms with Crippen molar-refractivity contribution >= 4 is 5.69 Å². The SMILES string of the molecule is COc1cnc(C)cc1NC1CCCCC1O. The molecule has 1 aliphatic carbocycles. The quantitative estimate of drug-likeness (QED) is 0.844. The molecule has 1 aliphatic rings. The van der Waals surface area contributed by atoms with Crippen LogP contribution in [-0.2, 0) is 0 Å².